The van der Waals surface area contributed by atoms with Crippen molar-refractivity contribution in [1.82, 2.24) is 9.80 Å². The van der Waals surface area contributed by atoms with E-state index in [1.807, 2.05) is 18.2 Å². The van der Waals surface area contributed by atoms with Gasteiger partial charge in [-0.2, -0.15) is 0 Å². The molecule has 2 saturated heterocycles. The molecule has 0 spiro atoms. The zero-order chi connectivity index (χ0) is 16.6. The summed E-state index contributed by atoms with van der Waals surface area (Å²) in [7, 11) is 3.16. The van der Waals surface area contributed by atoms with Gasteiger partial charge in [-0.05, 0) is 25.8 Å². The smallest absolute Gasteiger partial charge is 0.246 e. The molecule has 124 valence electrons. The minimum Gasteiger partial charge on any atom is -0.493 e. The normalized spacial score (nSPS) is 24.0. The van der Waals surface area contributed by atoms with Gasteiger partial charge in [0.15, 0.2) is 11.5 Å². The number of hydrogen-bond acceptors (Lipinski definition) is 4. The van der Waals surface area contributed by atoms with Crippen molar-refractivity contribution in [3.63, 3.8) is 0 Å². The molecule has 0 unspecified atom stereocenters. The Labute approximate surface area is 136 Å². The topological polar surface area (TPSA) is 59.1 Å². The van der Waals surface area contributed by atoms with E-state index in [1.165, 1.54) is 0 Å². The van der Waals surface area contributed by atoms with Gasteiger partial charge in [-0.15, -0.1) is 0 Å². The summed E-state index contributed by atoms with van der Waals surface area (Å²) in [6.45, 7) is 2.83. The van der Waals surface area contributed by atoms with Crippen LogP contribution >= 0.6 is 0 Å². The van der Waals surface area contributed by atoms with Gasteiger partial charge in [0.2, 0.25) is 11.8 Å². The molecule has 0 saturated carbocycles. The van der Waals surface area contributed by atoms with E-state index in [4.69, 9.17) is 9.47 Å². The number of carbonyl (C=O) groups excluding carboxylic acids is 2. The van der Waals surface area contributed by atoms with Crippen LogP contribution in [0.1, 0.15) is 25.3 Å². The second kappa shape index (κ2) is 6.10. The Balaban J connectivity index is 1.90. The summed E-state index contributed by atoms with van der Waals surface area (Å²) in [4.78, 5) is 28.7. The summed E-state index contributed by atoms with van der Waals surface area (Å²) >= 11 is 0. The number of ether oxygens (including phenoxy) is 2. The molecule has 23 heavy (non-hydrogen) atoms. The van der Waals surface area contributed by atoms with Crippen LogP contribution in [0.4, 0.5) is 0 Å². The minimum atomic E-state index is -0.451. The van der Waals surface area contributed by atoms with Crippen LogP contribution < -0.4 is 9.47 Å². The van der Waals surface area contributed by atoms with E-state index < -0.39 is 6.04 Å². The van der Waals surface area contributed by atoms with Gasteiger partial charge in [0.25, 0.3) is 0 Å². The first-order valence-electron chi connectivity index (χ1n) is 7.89. The quantitative estimate of drug-likeness (QED) is 0.842. The maximum absolute atomic E-state index is 12.8. The van der Waals surface area contributed by atoms with Crippen molar-refractivity contribution in [2.75, 3.05) is 20.8 Å². The van der Waals surface area contributed by atoms with Gasteiger partial charge in [0.05, 0.1) is 20.8 Å². The Hall–Kier alpha value is -2.24. The molecule has 2 fully saturated rings. The highest BCUT2D eigenvalue weighted by Crippen LogP contribution is 2.34. The molecule has 2 aliphatic heterocycles. The van der Waals surface area contributed by atoms with Crippen LogP contribution in [-0.4, -0.2) is 54.5 Å². The Bertz CT molecular complexity index is 631. The van der Waals surface area contributed by atoms with Crippen LogP contribution in [0.2, 0.25) is 0 Å². The van der Waals surface area contributed by atoms with Crippen LogP contribution in [0.3, 0.4) is 0 Å². The van der Waals surface area contributed by atoms with Gasteiger partial charge in [0.1, 0.15) is 12.1 Å². The third kappa shape index (κ3) is 2.52. The molecule has 6 nitrogen and oxygen atoms in total. The van der Waals surface area contributed by atoms with Gasteiger partial charge in [-0.25, -0.2) is 0 Å². The lowest BCUT2D eigenvalue weighted by atomic mass is 10.0. The average Bonchev–Trinajstić information content (AvgIpc) is 3.06. The van der Waals surface area contributed by atoms with Crippen LogP contribution in [0.15, 0.2) is 18.2 Å². The van der Waals surface area contributed by atoms with Gasteiger partial charge < -0.3 is 19.3 Å². The lowest BCUT2D eigenvalue weighted by Gasteiger charge is -2.41. The molecule has 2 amide bonds. The van der Waals surface area contributed by atoms with Gasteiger partial charge >= 0.3 is 0 Å². The molecule has 1 aromatic rings. The molecule has 0 aliphatic carbocycles. The largest absolute Gasteiger partial charge is 0.493 e. The van der Waals surface area contributed by atoms with Gasteiger partial charge in [-0.1, -0.05) is 12.1 Å². The van der Waals surface area contributed by atoms with Crippen LogP contribution in [0, 0.1) is 0 Å². The average molecular weight is 318 g/mol. The van der Waals surface area contributed by atoms with Crippen LogP contribution in [-0.2, 0) is 16.1 Å². The highest BCUT2D eigenvalue weighted by atomic mass is 16.5. The Kier molecular flexibility index (Phi) is 4.15. The fraction of sp³-hybridized carbons (Fsp3) is 0.529. The third-order valence-electron chi connectivity index (χ3n) is 4.75. The third-order valence-corrected chi connectivity index (χ3v) is 4.75. The van der Waals surface area contributed by atoms with Crippen molar-refractivity contribution in [1.29, 1.82) is 0 Å². The van der Waals surface area contributed by atoms with E-state index in [-0.39, 0.29) is 17.9 Å². The number of fused-ring (bicyclic) bond motifs is 1. The van der Waals surface area contributed by atoms with Crippen molar-refractivity contribution in [3.05, 3.63) is 23.8 Å². The highest BCUT2D eigenvalue weighted by Gasteiger charge is 2.46. The number of rotatable bonds is 4. The number of hydrogen-bond donors (Lipinski definition) is 0. The molecule has 0 bridgehead atoms. The number of benzene rings is 1. The molecule has 2 heterocycles. The van der Waals surface area contributed by atoms with Crippen LogP contribution in [0.25, 0.3) is 0 Å². The Morgan fingerprint density at radius 2 is 1.96 bits per heavy atom. The summed E-state index contributed by atoms with van der Waals surface area (Å²) in [6, 6.07) is 4.82. The second-order valence-electron chi connectivity index (χ2n) is 5.98. The van der Waals surface area contributed by atoms with Crippen molar-refractivity contribution in [3.8, 4) is 11.5 Å². The zero-order valence-electron chi connectivity index (χ0n) is 13.7. The van der Waals surface area contributed by atoms with Crippen molar-refractivity contribution in [2.45, 2.75) is 38.4 Å². The van der Waals surface area contributed by atoms with Gasteiger partial charge in [-0.3, -0.25) is 9.59 Å². The maximum Gasteiger partial charge on any atom is 0.246 e. The molecule has 3 rings (SSSR count). The Morgan fingerprint density at radius 1 is 1.17 bits per heavy atom. The zero-order valence-corrected chi connectivity index (χ0v) is 13.7. The summed E-state index contributed by atoms with van der Waals surface area (Å²) in [5.74, 6) is 1.29. The number of methoxy groups -OCH3 is 2. The summed E-state index contributed by atoms with van der Waals surface area (Å²) < 4.78 is 10.7. The predicted octanol–water partition coefficient (Wildman–Crippen LogP) is 1.43. The van der Waals surface area contributed by atoms with E-state index >= 15 is 0 Å². The molecule has 6 heteroatoms. The number of carbonyl (C=O) groups is 2. The van der Waals surface area contributed by atoms with E-state index in [9.17, 15) is 9.59 Å². The number of amides is 2. The van der Waals surface area contributed by atoms with Crippen molar-refractivity contribution in [2.24, 2.45) is 0 Å². The SMILES string of the molecule is COc1cccc(CN2C(=O)[C@H]3CCCN3C(=O)[C@@H]2C)c1OC. The predicted molar refractivity (Wildman–Crippen MR) is 84.3 cm³/mol. The van der Waals surface area contributed by atoms with Crippen LogP contribution in [0.5, 0.6) is 11.5 Å². The van der Waals surface area contributed by atoms with Crippen molar-refractivity contribution >= 4 is 11.8 Å². The molecular weight excluding hydrogens is 296 g/mol. The number of nitrogens with zero attached hydrogens (tertiary/aromatic N) is 2. The molecule has 0 radical (unpaired) electrons. The van der Waals surface area contributed by atoms with E-state index in [0.717, 1.165) is 18.4 Å². The maximum atomic E-state index is 12.8. The molecular formula is C17H22N2O4. The lowest BCUT2D eigenvalue weighted by molar-refractivity contribution is -0.159. The summed E-state index contributed by atoms with van der Waals surface area (Å²) in [5, 5.41) is 0. The van der Waals surface area contributed by atoms with E-state index in [0.29, 0.717) is 24.6 Å². The summed E-state index contributed by atoms with van der Waals surface area (Å²) in [6.07, 6.45) is 1.65. The monoisotopic (exact) mass is 318 g/mol. The summed E-state index contributed by atoms with van der Waals surface area (Å²) in [5.41, 5.74) is 0.839. The lowest BCUT2D eigenvalue weighted by Crippen LogP contribution is -2.61. The minimum absolute atomic E-state index is 0.0273. The van der Waals surface area contributed by atoms with Crippen molar-refractivity contribution < 1.29 is 19.1 Å². The fourth-order valence-corrected chi connectivity index (χ4v) is 3.52. The molecule has 2 atom stereocenters. The number of para-hydroxylation sites is 1. The first-order chi connectivity index (χ1) is 11.1. The molecule has 2 aliphatic rings. The highest BCUT2D eigenvalue weighted by molar-refractivity contribution is 5.97. The standard InChI is InChI=1S/C17H22N2O4/c1-11-16(20)18-9-5-7-13(18)17(21)19(11)10-12-6-4-8-14(22-2)15(12)23-3/h4,6,8,11,13H,5,7,9-10H2,1-3H3/t11-,13+/m0/s1. The van der Waals surface area contributed by atoms with E-state index in [2.05, 4.69) is 0 Å². The first kappa shape index (κ1) is 15.6. The first-order valence-corrected chi connectivity index (χ1v) is 7.89. The fourth-order valence-electron chi connectivity index (χ4n) is 3.52. The molecule has 0 N–H and O–H groups in total. The van der Waals surface area contributed by atoms with E-state index in [1.54, 1.807) is 30.9 Å². The molecule has 0 aromatic heterocycles. The second-order valence-corrected chi connectivity index (χ2v) is 5.98. The molecule has 1 aromatic carbocycles. The Morgan fingerprint density at radius 3 is 2.65 bits per heavy atom. The van der Waals surface area contributed by atoms with Gasteiger partial charge in [0, 0.05) is 12.1 Å². The number of piperazine rings is 1.